The van der Waals surface area contributed by atoms with Gasteiger partial charge < -0.3 is 9.94 Å². The van der Waals surface area contributed by atoms with Crippen LogP contribution in [-0.4, -0.2) is 10.4 Å². The quantitative estimate of drug-likeness (QED) is 0.512. The van der Waals surface area contributed by atoms with Crippen molar-refractivity contribution in [2.45, 2.75) is 13.3 Å². The molecule has 0 radical (unpaired) electrons. The fourth-order valence-corrected chi connectivity index (χ4v) is 2.51. The number of rotatable bonds is 4. The summed E-state index contributed by atoms with van der Waals surface area (Å²) in [5.41, 5.74) is 1.19. The molecule has 0 aliphatic rings. The molecule has 0 saturated heterocycles. The van der Waals surface area contributed by atoms with E-state index in [9.17, 15) is 0 Å². The molecule has 5 heteroatoms. The van der Waals surface area contributed by atoms with Gasteiger partial charge >= 0.3 is 0 Å². The van der Waals surface area contributed by atoms with Gasteiger partial charge in [-0.1, -0.05) is 34.5 Å². The first-order chi connectivity index (χ1) is 8.67. The Hall–Kier alpha value is -1.52. The van der Waals surface area contributed by atoms with Crippen LogP contribution in [0.3, 0.4) is 0 Å². The van der Waals surface area contributed by atoms with Crippen molar-refractivity contribution in [3.63, 3.8) is 0 Å². The van der Waals surface area contributed by atoms with Gasteiger partial charge in [-0.25, -0.2) is 0 Å². The fraction of sp³-hybridized carbons (Fsp3) is 0.154. The molecule has 0 unspecified atom stereocenters. The number of hydrogen-bond acceptors (Lipinski definition) is 4. The van der Waals surface area contributed by atoms with E-state index in [0.717, 1.165) is 15.7 Å². The van der Waals surface area contributed by atoms with Gasteiger partial charge in [-0.05, 0) is 31.2 Å². The van der Waals surface area contributed by atoms with E-state index in [2.05, 4.69) is 5.16 Å². The van der Waals surface area contributed by atoms with Gasteiger partial charge in [-0.3, -0.25) is 0 Å². The highest BCUT2D eigenvalue weighted by molar-refractivity contribution is 7.14. The normalized spacial score (nSPS) is 11.6. The Morgan fingerprint density at radius 2 is 2.00 bits per heavy atom. The maximum atomic E-state index is 8.49. The second-order valence-corrected chi connectivity index (χ2v) is 5.36. The average molecular weight is 282 g/mol. The Morgan fingerprint density at radius 3 is 2.67 bits per heavy atom. The number of ether oxygens (including phenoxy) is 1. The summed E-state index contributed by atoms with van der Waals surface area (Å²) in [5.74, 6) is 0.802. The van der Waals surface area contributed by atoms with Crippen LogP contribution in [0.15, 0.2) is 41.6 Å². The molecule has 2 aromatic rings. The largest absolute Gasteiger partial charge is 0.447 e. The van der Waals surface area contributed by atoms with Crippen LogP contribution in [0.2, 0.25) is 0 Å². The van der Waals surface area contributed by atoms with Crippen LogP contribution in [0.5, 0.6) is 10.8 Å². The van der Waals surface area contributed by atoms with Crippen LogP contribution in [0, 0.1) is 6.92 Å². The lowest BCUT2D eigenvalue weighted by Crippen LogP contribution is -1.90. The molecular formula is C13H12ClNO2S. The fourth-order valence-electron chi connectivity index (χ4n) is 1.41. The number of halogens is 1. The highest BCUT2D eigenvalue weighted by Crippen LogP contribution is 2.30. The molecule has 94 valence electrons. The van der Waals surface area contributed by atoms with Crippen LogP contribution in [-0.2, 0) is 6.42 Å². The predicted molar refractivity (Wildman–Crippen MR) is 74.4 cm³/mol. The molecule has 18 heavy (non-hydrogen) atoms. The summed E-state index contributed by atoms with van der Waals surface area (Å²) in [5, 5.41) is 12.4. The topological polar surface area (TPSA) is 41.8 Å². The number of thiophene rings is 1. The van der Waals surface area contributed by atoms with Crippen molar-refractivity contribution in [2.75, 3.05) is 0 Å². The zero-order valence-corrected chi connectivity index (χ0v) is 11.3. The second kappa shape index (κ2) is 5.89. The zero-order valence-electron chi connectivity index (χ0n) is 9.76. The van der Waals surface area contributed by atoms with Gasteiger partial charge in [-0.15, -0.1) is 11.3 Å². The number of benzene rings is 1. The maximum Gasteiger partial charge on any atom is 0.181 e. The highest BCUT2D eigenvalue weighted by atomic mass is 35.5. The zero-order chi connectivity index (χ0) is 13.0. The van der Waals surface area contributed by atoms with Gasteiger partial charge in [0.2, 0.25) is 0 Å². The molecule has 1 aromatic carbocycles. The molecule has 1 heterocycles. The van der Waals surface area contributed by atoms with Crippen molar-refractivity contribution < 1.29 is 9.94 Å². The van der Waals surface area contributed by atoms with Crippen LogP contribution < -0.4 is 4.74 Å². The number of hydrogen-bond donors (Lipinski definition) is 1. The molecule has 0 saturated carbocycles. The molecule has 3 nitrogen and oxygen atoms in total. The van der Waals surface area contributed by atoms with Gasteiger partial charge in [0.15, 0.2) is 10.2 Å². The van der Waals surface area contributed by atoms with E-state index >= 15 is 0 Å². The van der Waals surface area contributed by atoms with Gasteiger partial charge in [-0.2, -0.15) is 0 Å². The summed E-state index contributed by atoms with van der Waals surface area (Å²) in [7, 11) is 0. The van der Waals surface area contributed by atoms with E-state index in [0.29, 0.717) is 6.42 Å². The minimum absolute atomic E-state index is 0.165. The third-order valence-electron chi connectivity index (χ3n) is 2.31. The minimum Gasteiger partial charge on any atom is -0.447 e. The summed E-state index contributed by atoms with van der Waals surface area (Å²) >= 11 is 7.13. The van der Waals surface area contributed by atoms with Gasteiger partial charge in [0.05, 0.1) is 0 Å². The first-order valence-electron chi connectivity index (χ1n) is 5.37. The Bertz CT molecular complexity index is 548. The molecule has 0 aliphatic heterocycles. The van der Waals surface area contributed by atoms with Crippen molar-refractivity contribution >= 4 is 28.1 Å². The molecule has 1 aromatic heterocycles. The van der Waals surface area contributed by atoms with Crippen molar-refractivity contribution in [1.29, 1.82) is 0 Å². The third kappa shape index (κ3) is 3.48. The number of aryl methyl sites for hydroxylation is 1. The third-order valence-corrected chi connectivity index (χ3v) is 3.48. The monoisotopic (exact) mass is 281 g/mol. The van der Waals surface area contributed by atoms with Crippen LogP contribution in [0.25, 0.3) is 0 Å². The molecule has 0 bridgehead atoms. The summed E-state index contributed by atoms with van der Waals surface area (Å²) < 4.78 is 5.70. The van der Waals surface area contributed by atoms with Gasteiger partial charge in [0, 0.05) is 11.3 Å². The molecule has 0 spiro atoms. The molecule has 0 amide bonds. The lowest BCUT2D eigenvalue weighted by molar-refractivity contribution is 0.319. The van der Waals surface area contributed by atoms with Crippen LogP contribution >= 0.6 is 22.9 Å². The second-order valence-electron chi connectivity index (χ2n) is 3.79. The Kier molecular flexibility index (Phi) is 4.23. The van der Waals surface area contributed by atoms with Gasteiger partial charge in [0.25, 0.3) is 0 Å². The van der Waals surface area contributed by atoms with Crippen molar-refractivity contribution in [1.82, 2.24) is 0 Å². The smallest absolute Gasteiger partial charge is 0.181 e. The Labute approximate surface area is 114 Å². The lowest BCUT2D eigenvalue weighted by Gasteiger charge is -2.02. The molecular weight excluding hydrogens is 270 g/mol. The molecule has 0 atom stereocenters. The molecule has 1 N–H and O–H groups in total. The van der Waals surface area contributed by atoms with Gasteiger partial charge in [0.1, 0.15) is 5.75 Å². The SMILES string of the molecule is Cc1ccc(Oc2ccc(CC(Cl)=NO)s2)cc1. The van der Waals surface area contributed by atoms with Crippen molar-refractivity contribution in [3.05, 3.63) is 46.8 Å². The lowest BCUT2D eigenvalue weighted by atomic mass is 10.2. The molecule has 0 aliphatic carbocycles. The summed E-state index contributed by atoms with van der Waals surface area (Å²) in [4.78, 5) is 0.986. The van der Waals surface area contributed by atoms with Crippen LogP contribution in [0.4, 0.5) is 0 Å². The Morgan fingerprint density at radius 1 is 1.28 bits per heavy atom. The highest BCUT2D eigenvalue weighted by Gasteiger charge is 2.05. The summed E-state index contributed by atoms with van der Waals surface area (Å²) in [6.45, 7) is 2.03. The van der Waals surface area contributed by atoms with E-state index < -0.39 is 0 Å². The number of nitrogens with zero attached hydrogens (tertiary/aromatic N) is 1. The number of oxime groups is 1. The van der Waals surface area contributed by atoms with E-state index in [1.807, 2.05) is 43.3 Å². The molecule has 2 rings (SSSR count). The first-order valence-corrected chi connectivity index (χ1v) is 6.56. The Balaban J connectivity index is 2.04. The summed E-state index contributed by atoms with van der Waals surface area (Å²) in [6, 6.07) is 11.6. The molecule has 0 fully saturated rings. The van der Waals surface area contributed by atoms with Crippen molar-refractivity contribution in [2.24, 2.45) is 5.16 Å². The van der Waals surface area contributed by atoms with E-state index in [4.69, 9.17) is 21.5 Å². The van der Waals surface area contributed by atoms with Crippen LogP contribution in [0.1, 0.15) is 10.4 Å². The predicted octanol–water partition coefficient (Wildman–Crippen LogP) is 4.42. The summed E-state index contributed by atoms with van der Waals surface area (Å²) in [6.07, 6.45) is 0.417. The van der Waals surface area contributed by atoms with E-state index in [-0.39, 0.29) is 5.17 Å². The van der Waals surface area contributed by atoms with Crippen molar-refractivity contribution in [3.8, 4) is 10.8 Å². The minimum atomic E-state index is 0.165. The maximum absolute atomic E-state index is 8.49. The van der Waals surface area contributed by atoms with E-state index in [1.165, 1.54) is 16.9 Å². The standard InChI is InChI=1S/C13H12ClNO2S/c1-9-2-4-10(5-3-9)17-13-7-6-11(18-13)8-12(14)15-16/h2-7,16H,8H2,1H3. The van der Waals surface area contributed by atoms with E-state index in [1.54, 1.807) is 0 Å². The average Bonchev–Trinajstić information content (AvgIpc) is 2.79. The first kappa shape index (κ1) is 12.9.